The Hall–Kier alpha value is -1.44. The van der Waals surface area contributed by atoms with Gasteiger partial charge in [-0.1, -0.05) is 38.2 Å². The average Bonchev–Trinajstić information content (AvgIpc) is 2.64. The van der Waals surface area contributed by atoms with Crippen molar-refractivity contribution >= 4 is 15.9 Å². The van der Waals surface area contributed by atoms with Crippen molar-refractivity contribution in [3.05, 3.63) is 29.8 Å². The minimum Gasteiger partial charge on any atom is -0.379 e. The quantitative estimate of drug-likeness (QED) is 0.871. The van der Waals surface area contributed by atoms with E-state index in [2.05, 4.69) is 5.32 Å². The van der Waals surface area contributed by atoms with E-state index in [1.165, 1.54) is 29.6 Å². The van der Waals surface area contributed by atoms with Gasteiger partial charge in [0.1, 0.15) is 0 Å². The fraction of sp³-hybridized carbons (Fsp3) is 0.632. The first-order valence-electron chi connectivity index (χ1n) is 9.56. The minimum absolute atomic E-state index is 0.171. The lowest BCUT2D eigenvalue weighted by Gasteiger charge is -2.26. The Morgan fingerprint density at radius 2 is 1.69 bits per heavy atom. The number of hydrogen-bond donors (Lipinski definition) is 1. The Labute approximate surface area is 156 Å². The van der Waals surface area contributed by atoms with Gasteiger partial charge in [0, 0.05) is 24.7 Å². The van der Waals surface area contributed by atoms with Crippen LogP contribution in [0.3, 0.4) is 0 Å². The van der Waals surface area contributed by atoms with Crippen molar-refractivity contribution in [1.29, 1.82) is 0 Å². The van der Waals surface area contributed by atoms with Crippen LogP contribution < -0.4 is 5.32 Å². The van der Waals surface area contributed by atoms with Gasteiger partial charge < -0.3 is 10.1 Å². The predicted molar refractivity (Wildman–Crippen MR) is 99.6 cm³/mol. The number of benzene rings is 1. The van der Waals surface area contributed by atoms with Crippen LogP contribution in [-0.2, 0) is 14.8 Å². The van der Waals surface area contributed by atoms with Crippen LogP contribution in [0.2, 0.25) is 0 Å². The molecule has 1 heterocycles. The zero-order valence-corrected chi connectivity index (χ0v) is 16.0. The first-order valence-corrected chi connectivity index (χ1v) is 11.0. The van der Waals surface area contributed by atoms with E-state index in [0.717, 1.165) is 25.7 Å². The third-order valence-corrected chi connectivity index (χ3v) is 7.04. The van der Waals surface area contributed by atoms with Crippen LogP contribution in [-0.4, -0.2) is 51.0 Å². The molecule has 2 fully saturated rings. The third kappa shape index (κ3) is 4.84. The lowest BCUT2D eigenvalue weighted by Crippen LogP contribution is -2.40. The Morgan fingerprint density at radius 3 is 2.38 bits per heavy atom. The van der Waals surface area contributed by atoms with Crippen LogP contribution in [0.4, 0.5) is 0 Å². The molecule has 1 saturated carbocycles. The summed E-state index contributed by atoms with van der Waals surface area (Å²) in [4.78, 5) is 12.8. The van der Waals surface area contributed by atoms with Gasteiger partial charge in [0.15, 0.2) is 0 Å². The zero-order chi connectivity index (χ0) is 18.4. The highest BCUT2D eigenvalue weighted by atomic mass is 32.2. The summed E-state index contributed by atoms with van der Waals surface area (Å²) in [6.07, 6.45) is 7.99. The third-order valence-electron chi connectivity index (χ3n) is 5.14. The van der Waals surface area contributed by atoms with E-state index in [9.17, 15) is 13.2 Å². The monoisotopic (exact) mass is 380 g/mol. The maximum absolute atomic E-state index is 12.8. The van der Waals surface area contributed by atoms with Crippen LogP contribution in [0, 0.1) is 0 Å². The predicted octanol–water partition coefficient (Wildman–Crippen LogP) is 2.55. The van der Waals surface area contributed by atoms with E-state index in [1.54, 1.807) is 18.2 Å². The van der Waals surface area contributed by atoms with Gasteiger partial charge in [0.05, 0.1) is 18.1 Å². The van der Waals surface area contributed by atoms with Crippen LogP contribution in [0.1, 0.15) is 55.3 Å². The second-order valence-electron chi connectivity index (χ2n) is 7.06. The Bertz CT molecular complexity index is 706. The van der Waals surface area contributed by atoms with Crippen molar-refractivity contribution < 1.29 is 17.9 Å². The fourth-order valence-electron chi connectivity index (χ4n) is 3.60. The Morgan fingerprint density at radius 1 is 1.04 bits per heavy atom. The van der Waals surface area contributed by atoms with Gasteiger partial charge in [-0.25, -0.2) is 8.42 Å². The molecule has 0 spiro atoms. The topological polar surface area (TPSA) is 75.7 Å². The van der Waals surface area contributed by atoms with Crippen molar-refractivity contribution in [2.75, 3.05) is 26.3 Å². The molecule has 0 radical (unpaired) electrons. The smallest absolute Gasteiger partial charge is 0.251 e. The highest BCUT2D eigenvalue weighted by molar-refractivity contribution is 7.89. The molecule has 1 aliphatic carbocycles. The largest absolute Gasteiger partial charge is 0.379 e. The maximum Gasteiger partial charge on any atom is 0.251 e. The van der Waals surface area contributed by atoms with Crippen molar-refractivity contribution in [2.45, 2.75) is 55.9 Å². The summed E-state index contributed by atoms with van der Waals surface area (Å²) in [5.74, 6) is -0.186. The second kappa shape index (κ2) is 8.97. The van der Waals surface area contributed by atoms with E-state index in [1.807, 2.05) is 0 Å². The molecular weight excluding hydrogens is 352 g/mol. The summed E-state index contributed by atoms with van der Waals surface area (Å²) in [5.41, 5.74) is 0.404. The van der Waals surface area contributed by atoms with E-state index in [-0.39, 0.29) is 16.8 Å². The molecule has 26 heavy (non-hydrogen) atoms. The normalized spacial score (nSPS) is 20.9. The summed E-state index contributed by atoms with van der Waals surface area (Å²) in [6.45, 7) is 1.50. The lowest BCUT2D eigenvalue weighted by atomic mass is 9.96. The van der Waals surface area contributed by atoms with Crippen molar-refractivity contribution in [1.82, 2.24) is 9.62 Å². The number of carbonyl (C=O) groups excluding carboxylic acids is 1. The van der Waals surface area contributed by atoms with Crippen molar-refractivity contribution in [3.8, 4) is 0 Å². The molecule has 3 rings (SSSR count). The van der Waals surface area contributed by atoms with E-state index < -0.39 is 10.0 Å². The number of nitrogens with one attached hydrogen (secondary N) is 1. The molecule has 0 atom stereocenters. The van der Waals surface area contributed by atoms with Gasteiger partial charge in [0.2, 0.25) is 10.0 Å². The Balaban J connectivity index is 1.70. The number of carbonyl (C=O) groups is 1. The summed E-state index contributed by atoms with van der Waals surface area (Å²) < 4.78 is 32.2. The molecule has 1 aromatic rings. The first-order chi connectivity index (χ1) is 12.6. The molecule has 1 N–H and O–H groups in total. The zero-order valence-electron chi connectivity index (χ0n) is 15.2. The molecule has 1 aromatic carbocycles. The van der Waals surface area contributed by atoms with Crippen molar-refractivity contribution in [3.63, 3.8) is 0 Å². The standard InChI is InChI=1S/C19H28N2O4S/c22-19(20-17-8-4-2-1-3-5-9-17)16-7-6-10-18(15-16)26(23,24)21-11-13-25-14-12-21/h6-7,10,15,17H,1-5,8-9,11-14H2,(H,20,22). The highest BCUT2D eigenvalue weighted by Gasteiger charge is 2.27. The number of ether oxygens (including phenoxy) is 1. The number of sulfonamides is 1. The average molecular weight is 381 g/mol. The van der Waals surface area contributed by atoms with Gasteiger partial charge in [0.25, 0.3) is 5.91 Å². The number of hydrogen-bond acceptors (Lipinski definition) is 4. The van der Waals surface area contributed by atoms with Gasteiger partial charge >= 0.3 is 0 Å². The van der Waals surface area contributed by atoms with Crippen LogP contribution in [0.25, 0.3) is 0 Å². The summed E-state index contributed by atoms with van der Waals surface area (Å²) in [6, 6.07) is 6.54. The lowest BCUT2D eigenvalue weighted by molar-refractivity contribution is 0.0730. The summed E-state index contributed by atoms with van der Waals surface area (Å²) in [5, 5.41) is 3.09. The molecule has 1 saturated heterocycles. The molecular formula is C19H28N2O4S. The van der Waals surface area contributed by atoms with E-state index in [0.29, 0.717) is 31.9 Å². The van der Waals surface area contributed by atoms with E-state index in [4.69, 9.17) is 4.74 Å². The molecule has 0 unspecified atom stereocenters. The molecule has 6 nitrogen and oxygen atoms in total. The molecule has 1 amide bonds. The van der Waals surface area contributed by atoms with Gasteiger partial charge in [-0.05, 0) is 31.0 Å². The summed E-state index contributed by atoms with van der Waals surface area (Å²) >= 11 is 0. The maximum atomic E-state index is 12.8. The molecule has 1 aliphatic heterocycles. The van der Waals surface area contributed by atoms with Gasteiger partial charge in [-0.2, -0.15) is 4.31 Å². The molecule has 2 aliphatic rings. The van der Waals surface area contributed by atoms with Crippen LogP contribution in [0.5, 0.6) is 0 Å². The molecule has 0 aromatic heterocycles. The van der Waals surface area contributed by atoms with Crippen molar-refractivity contribution in [2.24, 2.45) is 0 Å². The van der Waals surface area contributed by atoms with Crippen LogP contribution in [0.15, 0.2) is 29.2 Å². The Kier molecular flexibility index (Phi) is 6.67. The number of rotatable bonds is 4. The van der Waals surface area contributed by atoms with E-state index >= 15 is 0 Å². The number of morpholine rings is 1. The SMILES string of the molecule is O=C(NC1CCCCCCC1)c1cccc(S(=O)(=O)N2CCOCC2)c1. The molecule has 0 bridgehead atoms. The first kappa shape index (κ1) is 19.3. The molecule has 7 heteroatoms. The highest BCUT2D eigenvalue weighted by Crippen LogP contribution is 2.20. The summed E-state index contributed by atoms with van der Waals surface area (Å²) in [7, 11) is -3.59. The van der Waals surface area contributed by atoms with Gasteiger partial charge in [-0.15, -0.1) is 0 Å². The van der Waals surface area contributed by atoms with Crippen LogP contribution >= 0.6 is 0 Å². The molecule has 144 valence electrons. The van der Waals surface area contributed by atoms with Gasteiger partial charge in [-0.3, -0.25) is 4.79 Å². The fourth-order valence-corrected chi connectivity index (χ4v) is 5.06. The number of amides is 1. The minimum atomic E-state index is -3.59. The second-order valence-corrected chi connectivity index (χ2v) is 9.00. The number of nitrogens with zero attached hydrogens (tertiary/aromatic N) is 1.